The van der Waals surface area contributed by atoms with Crippen molar-refractivity contribution in [3.63, 3.8) is 0 Å². The first kappa shape index (κ1) is 17.7. The molecule has 0 saturated carbocycles. The van der Waals surface area contributed by atoms with Crippen molar-refractivity contribution in [1.29, 1.82) is 5.26 Å². The summed E-state index contributed by atoms with van der Waals surface area (Å²) in [7, 11) is 0. The third-order valence-corrected chi connectivity index (χ3v) is 4.48. The minimum Gasteiger partial charge on any atom is -0.459 e. The Morgan fingerprint density at radius 3 is 2.58 bits per heavy atom. The number of aryl methyl sites for hydroxylation is 1. The Balaban J connectivity index is 2.32. The summed E-state index contributed by atoms with van der Waals surface area (Å²) in [5, 5.41) is 12.4. The largest absolute Gasteiger partial charge is 0.459 e. The summed E-state index contributed by atoms with van der Waals surface area (Å²) in [5.74, 6) is -0.805. The average Bonchev–Trinajstić information content (AvgIpc) is 2.82. The lowest BCUT2D eigenvalue weighted by atomic mass is 10.1. The van der Waals surface area contributed by atoms with E-state index in [1.54, 1.807) is 39.0 Å². The van der Waals surface area contributed by atoms with Crippen LogP contribution in [0.2, 0.25) is 0 Å². The van der Waals surface area contributed by atoms with Crippen molar-refractivity contribution in [2.75, 3.05) is 5.32 Å². The Labute approximate surface area is 144 Å². The number of nitrogens with zero attached hydrogens (tertiary/aromatic N) is 1. The standard InChI is InChI=1S/C18H18N2O3S/c1-10(2)23-18(22)15-12(4)14(9-19)17(24-15)20-16(21)13-7-5-6-11(3)8-13/h5-8,10H,1-4H3,(H,20,21). The second-order valence-electron chi connectivity index (χ2n) is 5.65. The van der Waals surface area contributed by atoms with Gasteiger partial charge < -0.3 is 10.1 Å². The Hall–Kier alpha value is -2.65. The predicted molar refractivity (Wildman–Crippen MR) is 93.5 cm³/mol. The molecule has 0 fully saturated rings. The molecule has 124 valence electrons. The number of hydrogen-bond acceptors (Lipinski definition) is 5. The summed E-state index contributed by atoms with van der Waals surface area (Å²) < 4.78 is 5.18. The number of thiophene rings is 1. The molecule has 6 heteroatoms. The first-order valence-electron chi connectivity index (χ1n) is 7.46. The number of nitrogens with one attached hydrogen (secondary N) is 1. The maximum atomic E-state index is 12.4. The van der Waals surface area contributed by atoms with Gasteiger partial charge in [-0.1, -0.05) is 17.7 Å². The van der Waals surface area contributed by atoms with Crippen molar-refractivity contribution >= 4 is 28.2 Å². The van der Waals surface area contributed by atoms with Crippen molar-refractivity contribution in [2.24, 2.45) is 0 Å². The SMILES string of the molecule is Cc1cccc(C(=O)Nc2sc(C(=O)OC(C)C)c(C)c2C#N)c1. The predicted octanol–water partition coefficient (Wildman–Crippen LogP) is 4.05. The molecule has 0 spiro atoms. The summed E-state index contributed by atoms with van der Waals surface area (Å²) in [5.41, 5.74) is 2.27. The molecular formula is C18H18N2O3S. The smallest absolute Gasteiger partial charge is 0.348 e. The fourth-order valence-corrected chi connectivity index (χ4v) is 3.20. The van der Waals surface area contributed by atoms with E-state index in [4.69, 9.17) is 4.74 Å². The van der Waals surface area contributed by atoms with Crippen molar-refractivity contribution < 1.29 is 14.3 Å². The van der Waals surface area contributed by atoms with Gasteiger partial charge in [0.2, 0.25) is 0 Å². The lowest BCUT2D eigenvalue weighted by Crippen LogP contribution is -2.11. The van der Waals surface area contributed by atoms with Gasteiger partial charge in [0, 0.05) is 5.56 Å². The molecule has 1 amide bonds. The number of benzene rings is 1. The van der Waals surface area contributed by atoms with Gasteiger partial charge in [0.25, 0.3) is 5.91 Å². The van der Waals surface area contributed by atoms with Gasteiger partial charge in [0.1, 0.15) is 15.9 Å². The van der Waals surface area contributed by atoms with E-state index in [1.165, 1.54) is 0 Å². The van der Waals surface area contributed by atoms with E-state index in [9.17, 15) is 14.9 Å². The monoisotopic (exact) mass is 342 g/mol. The molecule has 2 rings (SSSR count). The number of carbonyl (C=O) groups is 2. The number of ether oxygens (including phenoxy) is 1. The van der Waals surface area contributed by atoms with Crippen LogP contribution in [0.5, 0.6) is 0 Å². The van der Waals surface area contributed by atoms with E-state index in [1.807, 2.05) is 19.1 Å². The number of nitriles is 1. The van der Waals surface area contributed by atoms with Crippen LogP contribution in [-0.4, -0.2) is 18.0 Å². The van der Waals surface area contributed by atoms with Gasteiger partial charge in [0.15, 0.2) is 0 Å². The first-order chi connectivity index (χ1) is 11.3. The number of carbonyl (C=O) groups excluding carboxylic acids is 2. The van der Waals surface area contributed by atoms with Crippen molar-refractivity contribution in [2.45, 2.75) is 33.8 Å². The van der Waals surface area contributed by atoms with Crippen molar-refractivity contribution in [1.82, 2.24) is 0 Å². The number of esters is 1. The average molecular weight is 342 g/mol. The number of amides is 1. The fourth-order valence-electron chi connectivity index (χ4n) is 2.16. The molecule has 0 bridgehead atoms. The highest BCUT2D eigenvalue weighted by molar-refractivity contribution is 7.18. The number of hydrogen-bond donors (Lipinski definition) is 1. The van der Waals surface area contributed by atoms with E-state index >= 15 is 0 Å². The molecule has 0 atom stereocenters. The zero-order valence-corrected chi connectivity index (χ0v) is 14.8. The van der Waals surface area contributed by atoms with Crippen LogP contribution in [0.4, 0.5) is 5.00 Å². The van der Waals surface area contributed by atoms with Crippen molar-refractivity contribution in [3.05, 3.63) is 51.4 Å². The van der Waals surface area contributed by atoms with Crippen LogP contribution in [0.15, 0.2) is 24.3 Å². The molecule has 0 saturated heterocycles. The van der Waals surface area contributed by atoms with Gasteiger partial charge in [-0.15, -0.1) is 11.3 Å². The van der Waals surface area contributed by atoms with Gasteiger partial charge in [0.05, 0.1) is 11.7 Å². The molecule has 0 unspecified atom stereocenters. The van der Waals surface area contributed by atoms with Crippen molar-refractivity contribution in [3.8, 4) is 6.07 Å². The molecule has 0 radical (unpaired) electrons. The van der Waals surface area contributed by atoms with Crippen LogP contribution >= 0.6 is 11.3 Å². The van der Waals surface area contributed by atoms with Gasteiger partial charge >= 0.3 is 5.97 Å². The molecule has 1 heterocycles. The van der Waals surface area contributed by atoms with Crippen LogP contribution in [0.1, 0.15) is 50.6 Å². The Morgan fingerprint density at radius 2 is 2.00 bits per heavy atom. The van der Waals surface area contributed by atoms with Crippen LogP contribution in [-0.2, 0) is 4.74 Å². The lowest BCUT2D eigenvalue weighted by molar-refractivity contribution is 0.0383. The molecule has 1 N–H and O–H groups in total. The van der Waals surface area contributed by atoms with Gasteiger partial charge in [-0.3, -0.25) is 4.79 Å². The van der Waals surface area contributed by atoms with Gasteiger partial charge in [-0.2, -0.15) is 5.26 Å². The minimum atomic E-state index is -0.486. The molecule has 2 aromatic rings. The summed E-state index contributed by atoms with van der Waals surface area (Å²) in [6, 6.07) is 9.19. The zero-order valence-electron chi connectivity index (χ0n) is 14.0. The van der Waals surface area contributed by atoms with E-state index < -0.39 is 5.97 Å². The lowest BCUT2D eigenvalue weighted by Gasteiger charge is -2.06. The second-order valence-corrected chi connectivity index (χ2v) is 6.67. The summed E-state index contributed by atoms with van der Waals surface area (Å²) in [6.07, 6.45) is -0.255. The zero-order chi connectivity index (χ0) is 17.9. The van der Waals surface area contributed by atoms with Crippen LogP contribution < -0.4 is 5.32 Å². The molecule has 1 aromatic heterocycles. The van der Waals surface area contributed by atoms with E-state index in [0.717, 1.165) is 16.9 Å². The highest BCUT2D eigenvalue weighted by Gasteiger charge is 2.23. The van der Waals surface area contributed by atoms with Crippen LogP contribution in [0, 0.1) is 25.2 Å². The van der Waals surface area contributed by atoms with E-state index in [0.29, 0.717) is 21.0 Å². The normalized spacial score (nSPS) is 10.3. The number of anilines is 1. The quantitative estimate of drug-likeness (QED) is 0.850. The third-order valence-electron chi connectivity index (χ3n) is 3.29. The molecular weight excluding hydrogens is 324 g/mol. The fraction of sp³-hybridized carbons (Fsp3) is 0.278. The molecule has 0 aliphatic heterocycles. The first-order valence-corrected chi connectivity index (χ1v) is 8.27. The Morgan fingerprint density at radius 1 is 1.29 bits per heavy atom. The molecule has 0 aliphatic carbocycles. The van der Waals surface area contributed by atoms with E-state index in [2.05, 4.69) is 5.32 Å². The maximum Gasteiger partial charge on any atom is 0.348 e. The van der Waals surface area contributed by atoms with Crippen LogP contribution in [0.25, 0.3) is 0 Å². The summed E-state index contributed by atoms with van der Waals surface area (Å²) >= 11 is 1.06. The Bertz CT molecular complexity index is 831. The highest BCUT2D eigenvalue weighted by Crippen LogP contribution is 2.33. The summed E-state index contributed by atoms with van der Waals surface area (Å²) in [6.45, 7) is 7.08. The minimum absolute atomic E-state index is 0.255. The summed E-state index contributed by atoms with van der Waals surface area (Å²) in [4.78, 5) is 24.8. The topological polar surface area (TPSA) is 79.2 Å². The van der Waals surface area contributed by atoms with Gasteiger partial charge in [-0.05, 0) is 45.4 Å². The number of rotatable bonds is 4. The highest BCUT2D eigenvalue weighted by atomic mass is 32.1. The third kappa shape index (κ3) is 3.81. The maximum absolute atomic E-state index is 12.4. The second kappa shape index (κ2) is 7.28. The molecule has 0 aliphatic rings. The van der Waals surface area contributed by atoms with E-state index in [-0.39, 0.29) is 17.6 Å². The Kier molecular flexibility index (Phi) is 5.37. The van der Waals surface area contributed by atoms with Gasteiger partial charge in [-0.25, -0.2) is 4.79 Å². The molecule has 5 nitrogen and oxygen atoms in total. The molecule has 24 heavy (non-hydrogen) atoms. The molecule has 1 aromatic carbocycles. The van der Waals surface area contributed by atoms with Crippen LogP contribution in [0.3, 0.4) is 0 Å².